The number of anilines is 5. The molecule has 1 N–H and O–H groups in total. The van der Waals surface area contributed by atoms with E-state index >= 15 is 0 Å². The molecule has 0 radical (unpaired) electrons. The molecule has 314 valence electrons. The molecule has 0 fully saturated rings. The number of fused-ring (bicyclic) bond motifs is 2. The third-order valence-corrected chi connectivity index (χ3v) is 13.7. The van der Waals surface area contributed by atoms with Crippen molar-refractivity contribution >= 4 is 103 Å². The zero-order chi connectivity index (χ0) is 44.2. The molecule has 0 amide bonds. The summed E-state index contributed by atoms with van der Waals surface area (Å²) in [6.45, 7) is 11.4. The molecule has 0 aliphatic rings. The van der Waals surface area contributed by atoms with Crippen molar-refractivity contribution in [3.05, 3.63) is 118 Å². The van der Waals surface area contributed by atoms with Crippen molar-refractivity contribution in [3.63, 3.8) is 0 Å². The van der Waals surface area contributed by atoms with Crippen LogP contribution in [-0.4, -0.2) is 50.7 Å². The van der Waals surface area contributed by atoms with E-state index in [0.717, 1.165) is 45.0 Å². The predicted octanol–water partition coefficient (Wildman–Crippen LogP) is 3.91. The summed E-state index contributed by atoms with van der Waals surface area (Å²) in [5, 5.41) is 28.4. The van der Waals surface area contributed by atoms with Crippen molar-refractivity contribution in [2.75, 3.05) is 10.2 Å². The Hall–Kier alpha value is -5.28. The van der Waals surface area contributed by atoms with Crippen LogP contribution in [0.2, 0.25) is 0 Å². The molecule has 0 saturated heterocycles. The predicted molar refractivity (Wildman–Crippen MR) is 236 cm³/mol. The molecular formula is C42H34Li2N10O6S4. The first-order chi connectivity index (χ1) is 29.4. The van der Waals surface area contributed by atoms with Crippen LogP contribution in [0.4, 0.5) is 39.6 Å². The monoisotopic (exact) mass is 916 g/mol. The summed E-state index contributed by atoms with van der Waals surface area (Å²) in [4.78, 5) is 15.9. The number of thiazole rings is 2. The molecule has 8 rings (SSSR count). The van der Waals surface area contributed by atoms with Crippen molar-refractivity contribution in [1.82, 2.24) is 24.7 Å². The van der Waals surface area contributed by atoms with E-state index in [4.69, 9.17) is 15.1 Å². The number of para-hydroxylation sites is 2. The third kappa shape index (κ3) is 9.29. The number of pyridine rings is 1. The summed E-state index contributed by atoms with van der Waals surface area (Å²) in [6.07, 6.45) is 0.664. The van der Waals surface area contributed by atoms with E-state index in [-0.39, 0.29) is 59.1 Å². The van der Waals surface area contributed by atoms with Crippen LogP contribution >= 0.6 is 22.7 Å². The Labute approximate surface area is 401 Å². The minimum absolute atomic E-state index is 0. The molecule has 0 spiro atoms. The van der Waals surface area contributed by atoms with Gasteiger partial charge in [-0.1, -0.05) is 66.0 Å². The van der Waals surface area contributed by atoms with Crippen molar-refractivity contribution < 1.29 is 63.7 Å². The number of rotatable bonds is 11. The second kappa shape index (κ2) is 18.7. The summed E-state index contributed by atoms with van der Waals surface area (Å²) >= 11 is 2.28. The molecule has 0 aliphatic carbocycles. The molecule has 4 aromatic heterocycles. The van der Waals surface area contributed by atoms with Gasteiger partial charge < -0.3 is 14.4 Å². The van der Waals surface area contributed by atoms with Gasteiger partial charge in [0.2, 0.25) is 5.13 Å². The Morgan fingerprint density at radius 1 is 0.766 bits per heavy atom. The molecule has 0 bridgehead atoms. The number of nitrogens with one attached hydrogen (secondary N) is 1. The van der Waals surface area contributed by atoms with E-state index in [1.807, 2.05) is 82.0 Å². The van der Waals surface area contributed by atoms with E-state index in [1.54, 1.807) is 6.92 Å². The van der Waals surface area contributed by atoms with Gasteiger partial charge in [0.1, 0.15) is 43.4 Å². The van der Waals surface area contributed by atoms with E-state index in [2.05, 4.69) is 26.6 Å². The standard InChI is InChI=1S/C42H36N10O6S4.2Li/c1-7-27-13-9-12-24(4)38(27)51(41-44-31-16-14-28(61(53,54)55)19-33(31)59-41)35-18-25(5)37(39(46-35)47-36-22(2)10-8-11-23(36)3)48-49-40-30(21-43)26(6)50-52(40)42-45-32-17-15-29(62(56,57)58)20-34(32)60-42;;/h8-20H,7H2,1-6H3,(H,46,47)(H,53,54,55)(H,56,57,58);;/q;2*+1/p-2. The van der Waals surface area contributed by atoms with Gasteiger partial charge in [0.25, 0.3) is 0 Å². The van der Waals surface area contributed by atoms with Gasteiger partial charge in [-0.25, -0.2) is 31.8 Å². The fourth-order valence-electron chi connectivity index (χ4n) is 6.99. The largest absolute Gasteiger partial charge is 1.00 e. The van der Waals surface area contributed by atoms with Crippen LogP contribution in [0.15, 0.2) is 98.9 Å². The van der Waals surface area contributed by atoms with Crippen molar-refractivity contribution in [1.29, 1.82) is 5.26 Å². The second-order valence-electron chi connectivity index (χ2n) is 14.3. The number of aromatic nitrogens is 5. The Morgan fingerprint density at radius 3 is 1.97 bits per heavy atom. The molecule has 64 heavy (non-hydrogen) atoms. The van der Waals surface area contributed by atoms with E-state index in [1.165, 1.54) is 52.4 Å². The normalized spacial score (nSPS) is 11.7. The van der Waals surface area contributed by atoms with Crippen molar-refractivity contribution in [3.8, 4) is 11.2 Å². The number of nitriles is 1. The van der Waals surface area contributed by atoms with Crippen LogP contribution in [0.1, 0.15) is 46.0 Å². The number of benzene rings is 4. The summed E-state index contributed by atoms with van der Waals surface area (Å²) in [6, 6.07) is 23.8. The average molecular weight is 917 g/mol. The van der Waals surface area contributed by atoms with E-state index in [9.17, 15) is 31.2 Å². The summed E-state index contributed by atoms with van der Waals surface area (Å²) < 4.78 is 73.4. The van der Waals surface area contributed by atoms with Gasteiger partial charge in [0.05, 0.1) is 41.6 Å². The molecule has 16 nitrogen and oxygen atoms in total. The van der Waals surface area contributed by atoms with Gasteiger partial charge in [0, 0.05) is 5.69 Å². The fourth-order valence-corrected chi connectivity index (χ4v) is 10.1. The minimum atomic E-state index is -4.72. The number of hydrogen-bond donors (Lipinski definition) is 1. The van der Waals surface area contributed by atoms with Crippen LogP contribution in [0.5, 0.6) is 0 Å². The molecule has 22 heteroatoms. The maximum atomic E-state index is 12.0. The fraction of sp³-hybridized carbons (Fsp3) is 0.167. The van der Waals surface area contributed by atoms with Crippen LogP contribution in [0.25, 0.3) is 25.6 Å². The second-order valence-corrected chi connectivity index (χ2v) is 19.1. The van der Waals surface area contributed by atoms with Gasteiger partial charge in [-0.3, -0.25) is 4.90 Å². The van der Waals surface area contributed by atoms with E-state index < -0.39 is 25.1 Å². The third-order valence-electron chi connectivity index (χ3n) is 10.1. The Kier molecular flexibility index (Phi) is 14.1. The molecular weight excluding hydrogens is 883 g/mol. The van der Waals surface area contributed by atoms with Gasteiger partial charge >= 0.3 is 37.7 Å². The maximum absolute atomic E-state index is 12.0. The number of hydrogen-bond acceptors (Lipinski definition) is 17. The molecule has 8 aromatic rings. The van der Waals surface area contributed by atoms with Crippen LogP contribution in [-0.2, 0) is 26.7 Å². The molecule has 0 aliphatic heterocycles. The van der Waals surface area contributed by atoms with Gasteiger partial charge in [-0.2, -0.15) is 15.0 Å². The van der Waals surface area contributed by atoms with Gasteiger partial charge in [-0.05, 0) is 111 Å². The first kappa shape index (κ1) is 48.2. The SMILES string of the molecule is CCc1cccc(C)c1N(c1cc(C)c(N=Nc2c(C#N)c(C)nn2-c2nc3ccc(S(=O)(=O)[O-])cc3s2)c(Nc2c(C)cccc2C)n1)c1nc2ccc(S(=O)(=O)[O-])cc2s1.[Li+].[Li+]. The van der Waals surface area contributed by atoms with Crippen LogP contribution in [0.3, 0.4) is 0 Å². The molecule has 0 saturated carbocycles. The molecule has 0 atom stereocenters. The zero-order valence-corrected chi connectivity index (χ0v) is 39.1. The average Bonchev–Trinajstić information content (AvgIpc) is 3.93. The topological polar surface area (TPSA) is 235 Å². The smallest absolute Gasteiger partial charge is 0.744 e. The van der Waals surface area contributed by atoms with Gasteiger partial charge in [-0.15, -0.1) is 10.2 Å². The molecule has 4 heterocycles. The zero-order valence-electron chi connectivity index (χ0n) is 35.8. The summed E-state index contributed by atoms with van der Waals surface area (Å²) in [5.41, 5.74) is 7.71. The minimum Gasteiger partial charge on any atom is -0.744 e. The molecule has 0 unspecified atom stereocenters. The van der Waals surface area contributed by atoms with E-state index in [0.29, 0.717) is 60.6 Å². The Morgan fingerprint density at radius 2 is 1.36 bits per heavy atom. The summed E-state index contributed by atoms with van der Waals surface area (Å²) in [5.74, 6) is 0.819. The number of aryl methyl sites for hydroxylation is 6. The number of nitrogens with zero attached hydrogens (tertiary/aromatic N) is 9. The Balaban J connectivity index is 0.00000340. The maximum Gasteiger partial charge on any atom is 1.00 e. The quantitative estimate of drug-likeness (QED) is 0.110. The van der Waals surface area contributed by atoms with Crippen LogP contribution in [0, 0.1) is 45.9 Å². The summed E-state index contributed by atoms with van der Waals surface area (Å²) in [7, 11) is -9.44. The van der Waals surface area contributed by atoms with Crippen molar-refractivity contribution in [2.45, 2.75) is 57.8 Å². The molecule has 4 aromatic carbocycles. The van der Waals surface area contributed by atoms with Crippen LogP contribution < -0.4 is 47.9 Å². The van der Waals surface area contributed by atoms with Crippen molar-refractivity contribution in [2.24, 2.45) is 10.2 Å². The first-order valence-corrected chi connectivity index (χ1v) is 23.3. The first-order valence-electron chi connectivity index (χ1n) is 18.8. The van der Waals surface area contributed by atoms with Gasteiger partial charge in [0.15, 0.2) is 16.8 Å². The Bertz CT molecular complexity index is 3420. The number of azo groups is 1.